The Labute approximate surface area is 155 Å². The zero-order valence-electron chi connectivity index (χ0n) is 15.0. The van der Waals surface area contributed by atoms with Crippen LogP contribution in [0.1, 0.15) is 42.7 Å². The smallest absolute Gasteiger partial charge is 0.382 e. The molecule has 0 amide bonds. The second-order valence-corrected chi connectivity index (χ2v) is 6.98. The molecule has 1 unspecified atom stereocenters. The third kappa shape index (κ3) is 4.37. The van der Waals surface area contributed by atoms with E-state index in [9.17, 15) is 18.0 Å². The van der Waals surface area contributed by atoms with Crippen LogP contribution in [0.3, 0.4) is 0 Å². The highest BCUT2D eigenvalue weighted by Gasteiger charge is 2.32. The van der Waals surface area contributed by atoms with Crippen LogP contribution in [0.25, 0.3) is 10.9 Å². The van der Waals surface area contributed by atoms with Gasteiger partial charge in [-0.1, -0.05) is 0 Å². The summed E-state index contributed by atoms with van der Waals surface area (Å²) in [5.41, 5.74) is 0.829. The predicted molar refractivity (Wildman–Crippen MR) is 95.2 cm³/mol. The molecule has 1 aliphatic rings. The van der Waals surface area contributed by atoms with Crippen molar-refractivity contribution in [2.45, 2.75) is 43.8 Å². The van der Waals surface area contributed by atoms with Gasteiger partial charge in [-0.05, 0) is 67.3 Å². The van der Waals surface area contributed by atoms with Gasteiger partial charge in [-0.15, -0.1) is 0 Å². The molecule has 27 heavy (non-hydrogen) atoms. The first-order chi connectivity index (χ1) is 12.9. The van der Waals surface area contributed by atoms with Crippen molar-refractivity contribution in [1.82, 2.24) is 4.98 Å². The molecule has 1 atom stereocenters. The van der Waals surface area contributed by atoms with Gasteiger partial charge in [0.15, 0.2) is 0 Å². The second kappa shape index (κ2) is 8.19. The minimum atomic E-state index is -4.38. The standard InChI is InChI=1S/C20H21F3N2O2/c1-27-11-19(25-12-26)14-4-2-13(3-5-14)16-8-9-24-18-7-6-15(10-17(16)18)20(21,22)23/h6-10,13-14,19H,2-5,11H2,1H3/t13-,14+,19?. The Morgan fingerprint density at radius 1 is 1.26 bits per heavy atom. The summed E-state index contributed by atoms with van der Waals surface area (Å²) in [6.45, 7) is 0.373. The van der Waals surface area contributed by atoms with Crippen molar-refractivity contribution < 1.29 is 22.7 Å². The quantitative estimate of drug-likeness (QED) is 0.550. The lowest BCUT2D eigenvalue weighted by atomic mass is 9.75. The van der Waals surface area contributed by atoms with Gasteiger partial charge in [0, 0.05) is 18.7 Å². The van der Waals surface area contributed by atoms with Crippen molar-refractivity contribution in [2.75, 3.05) is 13.7 Å². The van der Waals surface area contributed by atoms with E-state index in [1.54, 1.807) is 19.4 Å². The molecule has 144 valence electrons. The molecule has 1 aromatic heterocycles. The van der Waals surface area contributed by atoms with E-state index in [0.29, 0.717) is 17.5 Å². The van der Waals surface area contributed by atoms with E-state index in [2.05, 4.69) is 9.98 Å². The normalized spacial score (nSPS) is 21.6. The van der Waals surface area contributed by atoms with Crippen molar-refractivity contribution in [3.63, 3.8) is 0 Å². The Morgan fingerprint density at radius 3 is 2.63 bits per heavy atom. The van der Waals surface area contributed by atoms with E-state index >= 15 is 0 Å². The van der Waals surface area contributed by atoms with Crippen LogP contribution in [0.2, 0.25) is 0 Å². The minimum Gasteiger partial charge on any atom is -0.382 e. The number of pyridine rings is 1. The number of rotatable bonds is 5. The number of benzene rings is 1. The second-order valence-electron chi connectivity index (χ2n) is 6.98. The number of hydrogen-bond donors (Lipinski definition) is 0. The van der Waals surface area contributed by atoms with E-state index in [1.807, 2.05) is 6.07 Å². The number of nitrogens with zero attached hydrogens (tertiary/aromatic N) is 2. The van der Waals surface area contributed by atoms with Crippen molar-refractivity contribution >= 4 is 17.0 Å². The Kier molecular flexibility index (Phi) is 5.92. The van der Waals surface area contributed by atoms with Crippen LogP contribution in [0.15, 0.2) is 35.5 Å². The minimum absolute atomic E-state index is 0.165. The highest BCUT2D eigenvalue weighted by atomic mass is 19.4. The Hall–Kier alpha value is -2.24. The topological polar surface area (TPSA) is 51.5 Å². The maximum absolute atomic E-state index is 13.1. The SMILES string of the molecule is COCC(N=C=O)[C@H]1CC[C@@H](c2ccnc3ccc(C(F)(F)F)cc32)CC1. The molecule has 1 heterocycles. The molecule has 4 nitrogen and oxygen atoms in total. The molecule has 1 fully saturated rings. The molecular formula is C20H21F3N2O2. The number of aromatic nitrogens is 1. The number of halogens is 3. The monoisotopic (exact) mass is 378 g/mol. The van der Waals surface area contributed by atoms with E-state index in [4.69, 9.17) is 4.74 Å². The van der Waals surface area contributed by atoms with Crippen LogP contribution in [0.4, 0.5) is 13.2 Å². The molecule has 1 saturated carbocycles. The zero-order valence-corrected chi connectivity index (χ0v) is 15.0. The first-order valence-corrected chi connectivity index (χ1v) is 8.95. The number of isocyanates is 1. The van der Waals surface area contributed by atoms with Crippen molar-refractivity contribution in [3.05, 3.63) is 41.6 Å². The van der Waals surface area contributed by atoms with Gasteiger partial charge >= 0.3 is 6.18 Å². The summed E-state index contributed by atoms with van der Waals surface area (Å²) in [7, 11) is 1.57. The summed E-state index contributed by atoms with van der Waals surface area (Å²) in [4.78, 5) is 18.7. The molecule has 0 aliphatic heterocycles. The lowest BCUT2D eigenvalue weighted by Crippen LogP contribution is -2.27. The Balaban J connectivity index is 1.83. The highest BCUT2D eigenvalue weighted by molar-refractivity contribution is 5.83. The van der Waals surface area contributed by atoms with E-state index in [-0.39, 0.29) is 17.9 Å². The molecule has 1 aliphatic carbocycles. The maximum Gasteiger partial charge on any atom is 0.416 e. The van der Waals surface area contributed by atoms with Crippen molar-refractivity contribution in [2.24, 2.45) is 10.9 Å². The molecule has 0 saturated heterocycles. The fourth-order valence-corrected chi connectivity index (χ4v) is 4.03. The molecule has 1 aromatic carbocycles. The number of carbonyl (C=O) groups excluding carboxylic acids is 1. The zero-order chi connectivity index (χ0) is 19.4. The molecule has 0 radical (unpaired) electrons. The van der Waals surface area contributed by atoms with Gasteiger partial charge in [0.25, 0.3) is 0 Å². The molecule has 0 spiro atoms. The number of aliphatic imine (C=N–C) groups is 1. The third-order valence-corrected chi connectivity index (χ3v) is 5.41. The van der Waals surface area contributed by atoms with Gasteiger partial charge in [-0.25, -0.2) is 4.79 Å². The highest BCUT2D eigenvalue weighted by Crippen LogP contribution is 2.41. The molecule has 7 heteroatoms. The van der Waals surface area contributed by atoms with Crippen LogP contribution >= 0.6 is 0 Å². The van der Waals surface area contributed by atoms with Gasteiger partial charge in [-0.3, -0.25) is 4.98 Å². The molecule has 0 N–H and O–H groups in total. The summed E-state index contributed by atoms with van der Waals surface area (Å²) in [6, 6.07) is 5.32. The summed E-state index contributed by atoms with van der Waals surface area (Å²) >= 11 is 0. The van der Waals surface area contributed by atoms with E-state index in [1.165, 1.54) is 12.1 Å². The maximum atomic E-state index is 13.1. The average Bonchev–Trinajstić information content (AvgIpc) is 2.66. The van der Waals surface area contributed by atoms with Crippen LogP contribution < -0.4 is 0 Å². The first-order valence-electron chi connectivity index (χ1n) is 8.95. The van der Waals surface area contributed by atoms with E-state index < -0.39 is 11.7 Å². The van der Waals surface area contributed by atoms with Crippen LogP contribution in [0, 0.1) is 5.92 Å². The predicted octanol–water partition coefficient (Wildman–Crippen LogP) is 4.88. The average molecular weight is 378 g/mol. The largest absolute Gasteiger partial charge is 0.416 e. The van der Waals surface area contributed by atoms with E-state index in [0.717, 1.165) is 37.3 Å². The van der Waals surface area contributed by atoms with Gasteiger partial charge in [-0.2, -0.15) is 18.2 Å². The van der Waals surface area contributed by atoms with Crippen molar-refractivity contribution in [3.8, 4) is 0 Å². The molecular weight excluding hydrogens is 357 g/mol. The summed E-state index contributed by atoms with van der Waals surface area (Å²) in [5.74, 6) is 0.389. The number of fused-ring (bicyclic) bond motifs is 1. The van der Waals surface area contributed by atoms with Gasteiger partial charge in [0.1, 0.15) is 0 Å². The Bertz CT molecular complexity index is 839. The summed E-state index contributed by atoms with van der Waals surface area (Å²) in [5, 5.41) is 0.565. The molecule has 0 bridgehead atoms. The number of hydrogen-bond acceptors (Lipinski definition) is 4. The third-order valence-electron chi connectivity index (χ3n) is 5.41. The van der Waals surface area contributed by atoms with Crippen molar-refractivity contribution in [1.29, 1.82) is 0 Å². The van der Waals surface area contributed by atoms with Gasteiger partial charge < -0.3 is 4.74 Å². The Morgan fingerprint density at radius 2 is 2.00 bits per heavy atom. The fourth-order valence-electron chi connectivity index (χ4n) is 4.03. The fraction of sp³-hybridized carbons (Fsp3) is 0.500. The lowest BCUT2D eigenvalue weighted by molar-refractivity contribution is -0.137. The van der Waals surface area contributed by atoms with Gasteiger partial charge in [0.2, 0.25) is 6.08 Å². The number of ether oxygens (including phenoxy) is 1. The lowest BCUT2D eigenvalue weighted by Gasteiger charge is -2.32. The molecule has 3 rings (SSSR count). The summed E-state index contributed by atoms with van der Waals surface area (Å²) in [6.07, 6.45) is 2.23. The van der Waals surface area contributed by atoms with Crippen LogP contribution in [-0.4, -0.2) is 30.8 Å². The van der Waals surface area contributed by atoms with Crippen LogP contribution in [0.5, 0.6) is 0 Å². The van der Waals surface area contributed by atoms with Crippen LogP contribution in [-0.2, 0) is 15.7 Å². The summed E-state index contributed by atoms with van der Waals surface area (Å²) < 4.78 is 44.4. The number of methoxy groups -OCH3 is 1. The van der Waals surface area contributed by atoms with Gasteiger partial charge in [0.05, 0.1) is 23.7 Å². The number of alkyl halides is 3. The first kappa shape index (κ1) is 19.5. The molecule has 2 aromatic rings.